The predicted octanol–water partition coefficient (Wildman–Crippen LogP) is -2.04. The molecule has 0 saturated carbocycles. The number of hydrogen-bond donors (Lipinski definition) is 10. The molecule has 2 heterocycles. The Morgan fingerprint density at radius 2 is 1.42 bits per heavy atom. The van der Waals surface area contributed by atoms with Gasteiger partial charge in [0.1, 0.15) is 55.4 Å². The van der Waals surface area contributed by atoms with E-state index in [9.17, 15) is 55.9 Å². The van der Waals surface area contributed by atoms with E-state index in [-0.39, 0.29) is 30.3 Å². The molecule has 0 spiro atoms. The minimum atomic E-state index is -1.85. The number of esters is 1. The molecule has 2 saturated heterocycles. The van der Waals surface area contributed by atoms with Crippen molar-refractivity contribution in [2.45, 2.75) is 67.8 Å². The number of rotatable bonds is 11. The second-order valence-corrected chi connectivity index (χ2v) is 10.5. The van der Waals surface area contributed by atoms with E-state index in [1.54, 1.807) is 0 Å². The highest BCUT2D eigenvalue weighted by atomic mass is 16.7. The van der Waals surface area contributed by atoms with Crippen LogP contribution in [0.1, 0.15) is 11.1 Å². The van der Waals surface area contributed by atoms with Crippen LogP contribution in [0.3, 0.4) is 0 Å². The summed E-state index contributed by atoms with van der Waals surface area (Å²) in [7, 11) is 0. The van der Waals surface area contributed by atoms with Crippen molar-refractivity contribution in [3.63, 3.8) is 0 Å². The van der Waals surface area contributed by atoms with Gasteiger partial charge in [-0.3, -0.25) is 0 Å². The Bertz CT molecular complexity index is 1320. The van der Waals surface area contributed by atoms with E-state index >= 15 is 0 Å². The lowest BCUT2D eigenvalue weighted by Crippen LogP contribution is -2.65. The molecule has 0 aromatic heterocycles. The van der Waals surface area contributed by atoms with Crippen LogP contribution >= 0.6 is 0 Å². The van der Waals surface area contributed by atoms with Crippen LogP contribution in [-0.4, -0.2) is 138 Å². The van der Waals surface area contributed by atoms with Gasteiger partial charge < -0.3 is 74.7 Å². The van der Waals surface area contributed by atoms with Crippen LogP contribution in [0.15, 0.2) is 42.5 Å². The van der Waals surface area contributed by atoms with E-state index in [0.29, 0.717) is 11.1 Å². The molecule has 10 atom stereocenters. The molecule has 2 aromatic rings. The minimum absolute atomic E-state index is 0.108. The fourth-order valence-corrected chi connectivity index (χ4v) is 4.71. The summed E-state index contributed by atoms with van der Waals surface area (Å²) < 4.78 is 27.5. The number of aromatic hydroxyl groups is 4. The summed E-state index contributed by atoms with van der Waals surface area (Å²) in [6.45, 7) is -1.44. The van der Waals surface area contributed by atoms with E-state index in [1.165, 1.54) is 42.5 Å². The SMILES string of the molecule is O=C(C=Cc1ccc(O)c(O)c1)OC[C@H]1O[C@@H](OCCc2ccc(O)c(O)c2)[C@H](O)[C@@H](O[C@H]2O[C@H](CO)[C@@H](O)[C@H](O)[C@H]2O)[C@@H]1O. The monoisotopic (exact) mass is 640 g/mol. The standard InChI is InChI=1S/C29H36O16/c30-11-19-22(36)24(38)25(39)29(43-19)45-27-23(37)20(12-42-21(35)6-3-13-1-4-15(31)17(33)9-13)44-28(26(27)40)41-8-7-14-2-5-16(32)18(34)10-14/h1-6,9-10,19-20,22-34,36-40H,7-8,11-12H2/t19-,20-,22-,23-,24+,25-,26-,27+,28-,29-/m1/s1. The van der Waals surface area contributed by atoms with E-state index in [1.807, 2.05) is 0 Å². The first-order valence-electron chi connectivity index (χ1n) is 13.9. The normalized spacial score (nSPS) is 32.0. The van der Waals surface area contributed by atoms with Gasteiger partial charge in [-0.25, -0.2) is 4.79 Å². The Hall–Kier alpha value is -3.55. The summed E-state index contributed by atoms with van der Waals surface area (Å²) in [5.74, 6) is -2.31. The van der Waals surface area contributed by atoms with E-state index < -0.39 is 86.3 Å². The Balaban J connectivity index is 1.45. The first-order chi connectivity index (χ1) is 21.4. The zero-order valence-corrected chi connectivity index (χ0v) is 23.6. The van der Waals surface area contributed by atoms with Crippen LogP contribution in [0.2, 0.25) is 0 Å². The van der Waals surface area contributed by atoms with Gasteiger partial charge in [0.05, 0.1) is 13.2 Å². The van der Waals surface area contributed by atoms with Crippen molar-refractivity contribution in [1.82, 2.24) is 0 Å². The molecule has 2 aliphatic heterocycles. The first-order valence-corrected chi connectivity index (χ1v) is 13.9. The number of carbonyl (C=O) groups is 1. The van der Waals surface area contributed by atoms with Gasteiger partial charge in [0.15, 0.2) is 35.6 Å². The predicted molar refractivity (Wildman–Crippen MR) is 149 cm³/mol. The van der Waals surface area contributed by atoms with Crippen molar-refractivity contribution in [3.05, 3.63) is 53.6 Å². The molecule has 0 amide bonds. The van der Waals surface area contributed by atoms with Crippen LogP contribution in [0.4, 0.5) is 0 Å². The average molecular weight is 641 g/mol. The number of carbonyl (C=O) groups excluding carboxylic acids is 1. The third-order valence-electron chi connectivity index (χ3n) is 7.30. The molecule has 2 fully saturated rings. The number of aliphatic hydroxyl groups excluding tert-OH is 6. The van der Waals surface area contributed by atoms with Crippen LogP contribution in [-0.2, 0) is 34.9 Å². The molecular weight excluding hydrogens is 604 g/mol. The largest absolute Gasteiger partial charge is 0.504 e. The van der Waals surface area contributed by atoms with Crippen LogP contribution in [0, 0.1) is 0 Å². The summed E-state index contributed by atoms with van der Waals surface area (Å²) in [4.78, 5) is 12.4. The summed E-state index contributed by atoms with van der Waals surface area (Å²) in [6, 6.07) is 7.97. The van der Waals surface area contributed by atoms with Crippen molar-refractivity contribution in [2.75, 3.05) is 19.8 Å². The highest BCUT2D eigenvalue weighted by Gasteiger charge is 2.51. The van der Waals surface area contributed by atoms with Gasteiger partial charge in [0.25, 0.3) is 0 Å². The van der Waals surface area contributed by atoms with Gasteiger partial charge in [-0.05, 0) is 47.9 Å². The van der Waals surface area contributed by atoms with Gasteiger partial charge >= 0.3 is 5.97 Å². The van der Waals surface area contributed by atoms with Crippen LogP contribution in [0.25, 0.3) is 6.08 Å². The van der Waals surface area contributed by atoms with Gasteiger partial charge in [-0.1, -0.05) is 12.1 Å². The molecule has 16 nitrogen and oxygen atoms in total. The summed E-state index contributed by atoms with van der Waals surface area (Å²) in [5.41, 5.74) is 0.923. The number of ether oxygens (including phenoxy) is 5. The Morgan fingerprint density at radius 3 is 2.09 bits per heavy atom. The van der Waals surface area contributed by atoms with Gasteiger partial charge in [0.2, 0.25) is 0 Å². The Kier molecular flexibility index (Phi) is 11.6. The second kappa shape index (κ2) is 15.2. The topological polar surface area (TPSA) is 266 Å². The van der Waals surface area contributed by atoms with Crippen molar-refractivity contribution in [2.24, 2.45) is 0 Å². The number of phenolic OH excluding ortho intramolecular Hbond substituents is 4. The van der Waals surface area contributed by atoms with Gasteiger partial charge in [0, 0.05) is 6.08 Å². The minimum Gasteiger partial charge on any atom is -0.504 e. The lowest BCUT2D eigenvalue weighted by atomic mass is 9.97. The van der Waals surface area contributed by atoms with Crippen molar-refractivity contribution >= 4 is 12.0 Å². The third-order valence-corrected chi connectivity index (χ3v) is 7.30. The molecular formula is C29H36O16. The molecule has 45 heavy (non-hydrogen) atoms. The van der Waals surface area contributed by atoms with Crippen molar-refractivity contribution in [3.8, 4) is 23.0 Å². The Labute approximate surface area is 256 Å². The van der Waals surface area contributed by atoms with E-state index in [0.717, 1.165) is 6.08 Å². The number of benzene rings is 2. The highest BCUT2D eigenvalue weighted by molar-refractivity contribution is 5.87. The van der Waals surface area contributed by atoms with Crippen molar-refractivity contribution in [1.29, 1.82) is 0 Å². The average Bonchev–Trinajstić information content (AvgIpc) is 3.01. The quantitative estimate of drug-likeness (QED) is 0.0720. The highest BCUT2D eigenvalue weighted by Crippen LogP contribution is 2.31. The second-order valence-electron chi connectivity index (χ2n) is 10.5. The van der Waals surface area contributed by atoms with E-state index in [4.69, 9.17) is 23.7 Å². The lowest BCUT2D eigenvalue weighted by molar-refractivity contribution is -0.360. The molecule has 2 aliphatic rings. The van der Waals surface area contributed by atoms with Crippen molar-refractivity contribution < 1.29 is 79.5 Å². The fourth-order valence-electron chi connectivity index (χ4n) is 4.71. The first kappa shape index (κ1) is 34.3. The molecule has 16 heteroatoms. The lowest BCUT2D eigenvalue weighted by Gasteiger charge is -2.46. The maximum absolute atomic E-state index is 12.4. The van der Waals surface area contributed by atoms with Crippen LogP contribution < -0.4 is 0 Å². The number of hydrogen-bond acceptors (Lipinski definition) is 16. The molecule has 2 aromatic carbocycles. The maximum atomic E-state index is 12.4. The van der Waals surface area contributed by atoms with Crippen LogP contribution in [0.5, 0.6) is 23.0 Å². The third kappa shape index (κ3) is 8.39. The zero-order valence-electron chi connectivity index (χ0n) is 23.6. The maximum Gasteiger partial charge on any atom is 0.330 e. The van der Waals surface area contributed by atoms with Gasteiger partial charge in [-0.15, -0.1) is 0 Å². The molecule has 4 rings (SSSR count). The summed E-state index contributed by atoms with van der Waals surface area (Å²) >= 11 is 0. The zero-order chi connectivity index (χ0) is 32.8. The molecule has 0 unspecified atom stereocenters. The molecule has 0 radical (unpaired) electrons. The Morgan fingerprint density at radius 1 is 0.756 bits per heavy atom. The molecule has 0 bridgehead atoms. The molecule has 248 valence electrons. The number of aliphatic hydroxyl groups is 6. The smallest absolute Gasteiger partial charge is 0.330 e. The summed E-state index contributed by atoms with van der Waals surface area (Å²) in [5, 5.41) is 100. The summed E-state index contributed by atoms with van der Waals surface area (Å²) in [6.07, 6.45) is -13.9. The van der Waals surface area contributed by atoms with E-state index in [2.05, 4.69) is 0 Å². The molecule has 10 N–H and O–H groups in total. The number of phenols is 4. The molecule has 0 aliphatic carbocycles. The van der Waals surface area contributed by atoms with Gasteiger partial charge in [-0.2, -0.15) is 0 Å². The fraction of sp³-hybridized carbons (Fsp3) is 0.483.